The SMILES string of the molecule is COC(=O)[C@@H]1[C@@H](C(C)=O)ON2CCC[C@H]12. The lowest BCUT2D eigenvalue weighted by Crippen LogP contribution is -2.36. The van der Waals surface area contributed by atoms with Gasteiger partial charge in [-0.25, -0.2) is 0 Å². The Morgan fingerprint density at radius 2 is 2.20 bits per heavy atom. The van der Waals surface area contributed by atoms with E-state index in [0.29, 0.717) is 0 Å². The molecule has 15 heavy (non-hydrogen) atoms. The molecule has 0 aromatic carbocycles. The number of ether oxygens (including phenoxy) is 1. The van der Waals surface area contributed by atoms with Gasteiger partial charge in [-0.3, -0.25) is 14.4 Å². The molecule has 2 fully saturated rings. The molecular weight excluding hydrogens is 198 g/mol. The number of hydrogen-bond acceptors (Lipinski definition) is 5. The number of fused-ring (bicyclic) bond motifs is 1. The van der Waals surface area contributed by atoms with Crippen LogP contribution in [-0.4, -0.2) is 42.6 Å². The molecular formula is C10H15NO4. The monoisotopic (exact) mass is 213 g/mol. The average molecular weight is 213 g/mol. The van der Waals surface area contributed by atoms with Crippen LogP contribution in [0.3, 0.4) is 0 Å². The molecule has 0 spiro atoms. The van der Waals surface area contributed by atoms with Crippen LogP contribution in [0.5, 0.6) is 0 Å². The topological polar surface area (TPSA) is 55.8 Å². The molecule has 2 heterocycles. The summed E-state index contributed by atoms with van der Waals surface area (Å²) in [6.07, 6.45) is 1.24. The van der Waals surface area contributed by atoms with Gasteiger partial charge in [0, 0.05) is 6.54 Å². The van der Waals surface area contributed by atoms with Gasteiger partial charge in [-0.05, 0) is 19.8 Å². The molecule has 0 saturated carbocycles. The first-order chi connectivity index (χ1) is 7.15. The highest BCUT2D eigenvalue weighted by atomic mass is 16.7. The number of methoxy groups -OCH3 is 1. The summed E-state index contributed by atoms with van der Waals surface area (Å²) in [5.74, 6) is -0.903. The quantitative estimate of drug-likeness (QED) is 0.611. The van der Waals surface area contributed by atoms with Crippen molar-refractivity contribution >= 4 is 11.8 Å². The van der Waals surface area contributed by atoms with Gasteiger partial charge in [0.1, 0.15) is 5.92 Å². The van der Waals surface area contributed by atoms with Crippen molar-refractivity contribution < 1.29 is 19.2 Å². The molecule has 0 radical (unpaired) electrons. The third-order valence-corrected chi connectivity index (χ3v) is 3.11. The van der Waals surface area contributed by atoms with Crippen LogP contribution in [0.25, 0.3) is 0 Å². The Kier molecular flexibility index (Phi) is 2.75. The van der Waals surface area contributed by atoms with Crippen molar-refractivity contribution in [1.29, 1.82) is 0 Å². The summed E-state index contributed by atoms with van der Waals surface area (Å²) in [6, 6.07) is 0.0198. The molecule has 2 aliphatic rings. The number of esters is 1. The summed E-state index contributed by atoms with van der Waals surface area (Å²) in [4.78, 5) is 28.4. The Labute approximate surface area is 88.3 Å². The number of hydroxylamine groups is 2. The van der Waals surface area contributed by atoms with Gasteiger partial charge in [-0.2, -0.15) is 5.06 Å². The van der Waals surface area contributed by atoms with Gasteiger partial charge in [0.15, 0.2) is 11.9 Å². The number of rotatable bonds is 2. The largest absolute Gasteiger partial charge is 0.469 e. The van der Waals surface area contributed by atoms with Gasteiger partial charge < -0.3 is 4.74 Å². The average Bonchev–Trinajstić information content (AvgIpc) is 2.74. The van der Waals surface area contributed by atoms with Crippen molar-refractivity contribution in [2.24, 2.45) is 5.92 Å². The Bertz CT molecular complexity index is 291. The molecule has 0 N–H and O–H groups in total. The van der Waals surface area contributed by atoms with E-state index in [1.54, 1.807) is 5.06 Å². The summed E-state index contributed by atoms with van der Waals surface area (Å²) in [5.41, 5.74) is 0. The second-order valence-corrected chi connectivity index (χ2v) is 4.04. The molecule has 0 aromatic heterocycles. The summed E-state index contributed by atoms with van der Waals surface area (Å²) in [6.45, 7) is 2.24. The lowest BCUT2D eigenvalue weighted by atomic mass is 9.92. The third-order valence-electron chi connectivity index (χ3n) is 3.11. The highest BCUT2D eigenvalue weighted by Gasteiger charge is 2.51. The van der Waals surface area contributed by atoms with E-state index in [1.807, 2.05) is 0 Å². The van der Waals surface area contributed by atoms with Crippen LogP contribution in [0.15, 0.2) is 0 Å². The zero-order valence-electron chi connectivity index (χ0n) is 8.93. The fraction of sp³-hybridized carbons (Fsp3) is 0.800. The Balaban J connectivity index is 2.20. The molecule has 2 saturated heterocycles. The number of hydrogen-bond donors (Lipinski definition) is 0. The second kappa shape index (κ2) is 3.90. The van der Waals surface area contributed by atoms with E-state index in [1.165, 1.54) is 14.0 Å². The van der Waals surface area contributed by atoms with Crippen molar-refractivity contribution in [2.75, 3.05) is 13.7 Å². The number of ketones is 1. The molecule has 84 valence electrons. The standard InChI is InChI=1S/C10H15NO4/c1-6(12)9-8(10(13)14-2)7-4-3-5-11(7)15-9/h7-9H,3-5H2,1-2H3/t7-,8+,9-/m1/s1. The summed E-state index contributed by atoms with van der Waals surface area (Å²) in [5, 5.41) is 1.76. The van der Waals surface area contributed by atoms with Crippen molar-refractivity contribution in [3.63, 3.8) is 0 Å². The van der Waals surface area contributed by atoms with Crippen LogP contribution in [-0.2, 0) is 19.2 Å². The zero-order valence-corrected chi connectivity index (χ0v) is 8.93. The van der Waals surface area contributed by atoms with Crippen LogP contribution in [0.2, 0.25) is 0 Å². The first-order valence-corrected chi connectivity index (χ1v) is 5.17. The van der Waals surface area contributed by atoms with Gasteiger partial charge in [0.25, 0.3) is 0 Å². The van der Waals surface area contributed by atoms with Crippen LogP contribution >= 0.6 is 0 Å². The normalized spacial score (nSPS) is 35.2. The number of Topliss-reactive ketones (excluding diaryl/α,β-unsaturated/α-hetero) is 1. The van der Waals surface area contributed by atoms with Crippen molar-refractivity contribution in [3.05, 3.63) is 0 Å². The van der Waals surface area contributed by atoms with Gasteiger partial charge in [-0.1, -0.05) is 0 Å². The van der Waals surface area contributed by atoms with Crippen molar-refractivity contribution in [1.82, 2.24) is 5.06 Å². The van der Waals surface area contributed by atoms with Crippen molar-refractivity contribution in [3.8, 4) is 0 Å². The highest BCUT2D eigenvalue weighted by molar-refractivity contribution is 5.88. The minimum Gasteiger partial charge on any atom is -0.469 e. The number of carbonyl (C=O) groups is 2. The lowest BCUT2D eigenvalue weighted by Gasteiger charge is -2.15. The Morgan fingerprint density at radius 1 is 1.47 bits per heavy atom. The van der Waals surface area contributed by atoms with Crippen LogP contribution in [0, 0.1) is 5.92 Å². The van der Waals surface area contributed by atoms with E-state index >= 15 is 0 Å². The second-order valence-electron chi connectivity index (χ2n) is 4.04. The molecule has 3 atom stereocenters. The van der Waals surface area contributed by atoms with E-state index in [0.717, 1.165) is 19.4 Å². The van der Waals surface area contributed by atoms with E-state index < -0.39 is 12.0 Å². The van der Waals surface area contributed by atoms with Gasteiger partial charge in [0.05, 0.1) is 13.2 Å². The summed E-state index contributed by atoms with van der Waals surface area (Å²) >= 11 is 0. The number of carbonyl (C=O) groups excluding carboxylic acids is 2. The third kappa shape index (κ3) is 1.66. The molecule has 2 rings (SSSR count). The predicted octanol–water partition coefficient (Wildman–Crippen LogP) is 0.143. The minimum atomic E-state index is -0.650. The predicted molar refractivity (Wildman–Crippen MR) is 50.8 cm³/mol. The van der Waals surface area contributed by atoms with Crippen LogP contribution in [0.1, 0.15) is 19.8 Å². The smallest absolute Gasteiger partial charge is 0.313 e. The van der Waals surface area contributed by atoms with Gasteiger partial charge in [-0.15, -0.1) is 0 Å². The van der Waals surface area contributed by atoms with Gasteiger partial charge in [0.2, 0.25) is 0 Å². The molecule has 5 nitrogen and oxygen atoms in total. The van der Waals surface area contributed by atoms with E-state index in [9.17, 15) is 9.59 Å². The fourth-order valence-corrected chi connectivity index (χ4v) is 2.41. The molecule has 2 aliphatic heterocycles. The number of nitrogens with zero attached hydrogens (tertiary/aromatic N) is 1. The molecule has 0 aromatic rings. The molecule has 0 unspecified atom stereocenters. The summed E-state index contributed by atoms with van der Waals surface area (Å²) in [7, 11) is 1.34. The Hall–Kier alpha value is -0.940. The fourth-order valence-electron chi connectivity index (χ4n) is 2.41. The maximum absolute atomic E-state index is 11.6. The molecule has 0 amide bonds. The van der Waals surface area contributed by atoms with Crippen LogP contribution in [0.4, 0.5) is 0 Å². The first-order valence-electron chi connectivity index (χ1n) is 5.17. The zero-order chi connectivity index (χ0) is 11.0. The van der Waals surface area contributed by atoms with Crippen LogP contribution < -0.4 is 0 Å². The Morgan fingerprint density at radius 3 is 2.80 bits per heavy atom. The maximum atomic E-state index is 11.6. The lowest BCUT2D eigenvalue weighted by molar-refractivity contribution is -0.166. The highest BCUT2D eigenvalue weighted by Crippen LogP contribution is 2.36. The minimum absolute atomic E-state index is 0.0198. The first kappa shape index (κ1) is 10.6. The molecule has 0 bridgehead atoms. The van der Waals surface area contributed by atoms with E-state index in [2.05, 4.69) is 0 Å². The van der Waals surface area contributed by atoms with Crippen molar-refractivity contribution in [2.45, 2.75) is 31.9 Å². The molecule has 0 aliphatic carbocycles. The summed E-state index contributed by atoms with van der Waals surface area (Å²) < 4.78 is 4.72. The van der Waals surface area contributed by atoms with E-state index in [4.69, 9.17) is 9.57 Å². The van der Waals surface area contributed by atoms with E-state index in [-0.39, 0.29) is 17.8 Å². The molecule has 5 heteroatoms. The van der Waals surface area contributed by atoms with Gasteiger partial charge >= 0.3 is 5.97 Å². The maximum Gasteiger partial charge on any atom is 0.313 e.